The van der Waals surface area contributed by atoms with Crippen LogP contribution in [0.5, 0.6) is 0 Å². The van der Waals surface area contributed by atoms with Crippen LogP contribution in [0.2, 0.25) is 0 Å². The first-order chi connectivity index (χ1) is 9.21. The number of carbonyl (C=O) groups is 2. The largest absolute Gasteiger partial charge is 0.394 e. The number of ether oxygens (including phenoxy) is 1. The molecule has 1 saturated carbocycles. The maximum absolute atomic E-state index is 12.9. The van der Waals surface area contributed by atoms with Gasteiger partial charge in [0.25, 0.3) is 5.91 Å². The second kappa shape index (κ2) is 4.91. The molecule has 0 spiro atoms. The molecule has 0 bridgehead atoms. The van der Waals surface area contributed by atoms with Gasteiger partial charge in [-0.05, 0) is 19.3 Å². The van der Waals surface area contributed by atoms with Crippen LogP contribution in [0.4, 0.5) is 13.2 Å². The number of nitrogens with zero attached hydrogens (tertiary/aromatic N) is 1. The van der Waals surface area contributed by atoms with Crippen LogP contribution in [0.25, 0.3) is 0 Å². The van der Waals surface area contributed by atoms with Crippen molar-refractivity contribution < 1.29 is 27.5 Å². The molecule has 2 atom stereocenters. The predicted octanol–water partition coefficient (Wildman–Crippen LogP) is 0.678. The smallest absolute Gasteiger partial charge is 0.369 e. The molecule has 2 rings (SSSR count). The van der Waals surface area contributed by atoms with Crippen LogP contribution in [0, 0.1) is 11.8 Å². The average Bonchev–Trinajstić information content (AvgIpc) is 2.72. The number of rotatable bonds is 3. The third-order valence-electron chi connectivity index (χ3n) is 4.33. The number of likely N-dealkylation sites (tertiary alicyclic amines) is 1. The van der Waals surface area contributed by atoms with Crippen molar-refractivity contribution in [3.8, 4) is 0 Å². The zero-order valence-electron chi connectivity index (χ0n) is 11.1. The summed E-state index contributed by atoms with van der Waals surface area (Å²) in [6.45, 7) is -0.815. The van der Waals surface area contributed by atoms with Crippen molar-refractivity contribution in [2.45, 2.75) is 31.0 Å². The van der Waals surface area contributed by atoms with E-state index in [9.17, 15) is 22.8 Å². The Kier molecular flexibility index (Phi) is 3.70. The lowest BCUT2D eigenvalue weighted by atomic mass is 9.79. The van der Waals surface area contributed by atoms with Gasteiger partial charge < -0.3 is 15.4 Å². The van der Waals surface area contributed by atoms with Crippen LogP contribution in [-0.4, -0.2) is 48.7 Å². The van der Waals surface area contributed by atoms with E-state index in [0.717, 1.165) is 11.3 Å². The second-order valence-corrected chi connectivity index (χ2v) is 5.42. The molecule has 114 valence electrons. The van der Waals surface area contributed by atoms with Gasteiger partial charge in [-0.15, -0.1) is 0 Å². The van der Waals surface area contributed by atoms with E-state index in [0.29, 0.717) is 12.8 Å². The van der Waals surface area contributed by atoms with Gasteiger partial charge in [-0.1, -0.05) is 0 Å². The van der Waals surface area contributed by atoms with Crippen LogP contribution in [0.15, 0.2) is 0 Å². The molecule has 1 heterocycles. The van der Waals surface area contributed by atoms with E-state index in [2.05, 4.69) is 0 Å². The van der Waals surface area contributed by atoms with Crippen molar-refractivity contribution in [2.24, 2.45) is 17.6 Å². The first-order valence-corrected chi connectivity index (χ1v) is 6.42. The summed E-state index contributed by atoms with van der Waals surface area (Å²) >= 11 is 0. The van der Waals surface area contributed by atoms with Crippen molar-refractivity contribution in [2.75, 3.05) is 20.2 Å². The second-order valence-electron chi connectivity index (χ2n) is 5.42. The first-order valence-electron chi connectivity index (χ1n) is 6.42. The molecule has 0 aromatic carbocycles. The monoisotopic (exact) mass is 294 g/mol. The highest BCUT2D eigenvalue weighted by Crippen LogP contribution is 2.42. The van der Waals surface area contributed by atoms with Crippen molar-refractivity contribution in [3.63, 3.8) is 0 Å². The molecule has 2 N–H and O–H groups in total. The molecular weight excluding hydrogens is 277 g/mol. The molecule has 2 amide bonds. The molecule has 0 aromatic rings. The summed E-state index contributed by atoms with van der Waals surface area (Å²) in [5, 5.41) is 0. The van der Waals surface area contributed by atoms with Crippen molar-refractivity contribution >= 4 is 11.8 Å². The van der Waals surface area contributed by atoms with Gasteiger partial charge in [0.2, 0.25) is 5.91 Å². The quantitative estimate of drug-likeness (QED) is 0.832. The number of primary amides is 1. The summed E-state index contributed by atoms with van der Waals surface area (Å²) in [5.41, 5.74) is 4.02. The lowest BCUT2D eigenvalue weighted by Crippen LogP contribution is -2.54. The summed E-state index contributed by atoms with van der Waals surface area (Å²) in [6, 6.07) is 0. The summed E-state index contributed by atoms with van der Waals surface area (Å²) in [4.78, 5) is 24.6. The summed E-state index contributed by atoms with van der Waals surface area (Å²) in [6.07, 6.45) is -2.75. The number of carbonyl (C=O) groups excluding carboxylic acids is 2. The SMILES string of the molecule is COC1(C(=O)N2C[C@@H](C(F)(F)F)[C@H](C(N)=O)C2)CCC1. The van der Waals surface area contributed by atoms with Gasteiger partial charge in [-0.25, -0.2) is 0 Å². The Labute approximate surface area is 114 Å². The average molecular weight is 294 g/mol. The van der Waals surface area contributed by atoms with E-state index in [1.807, 2.05) is 0 Å². The standard InChI is InChI=1S/C12H17F3N2O3/c1-20-11(3-2-4-11)10(19)17-5-7(9(16)18)8(6-17)12(13,14)15/h7-8H,2-6H2,1H3,(H2,16,18)/t7-,8-/m1/s1. The molecule has 1 aliphatic heterocycles. The van der Waals surface area contributed by atoms with E-state index >= 15 is 0 Å². The van der Waals surface area contributed by atoms with E-state index in [1.54, 1.807) is 0 Å². The Morgan fingerprint density at radius 1 is 1.30 bits per heavy atom. The van der Waals surface area contributed by atoms with Crippen LogP contribution in [0.1, 0.15) is 19.3 Å². The molecule has 20 heavy (non-hydrogen) atoms. The van der Waals surface area contributed by atoms with Crippen LogP contribution >= 0.6 is 0 Å². The first kappa shape index (κ1) is 15.1. The summed E-state index contributed by atoms with van der Waals surface area (Å²) < 4.78 is 43.9. The maximum Gasteiger partial charge on any atom is 0.394 e. The number of nitrogens with two attached hydrogens (primary N) is 1. The van der Waals surface area contributed by atoms with Crippen LogP contribution in [-0.2, 0) is 14.3 Å². The van der Waals surface area contributed by atoms with E-state index in [4.69, 9.17) is 10.5 Å². The third-order valence-corrected chi connectivity index (χ3v) is 4.33. The Morgan fingerprint density at radius 2 is 1.90 bits per heavy atom. The lowest BCUT2D eigenvalue weighted by molar-refractivity contribution is -0.184. The zero-order valence-corrected chi connectivity index (χ0v) is 11.1. The molecule has 8 heteroatoms. The summed E-state index contributed by atoms with van der Waals surface area (Å²) in [5.74, 6) is -4.77. The van der Waals surface area contributed by atoms with Crippen LogP contribution in [0.3, 0.4) is 0 Å². The highest BCUT2D eigenvalue weighted by molar-refractivity contribution is 5.88. The minimum atomic E-state index is -4.55. The van der Waals surface area contributed by atoms with E-state index in [-0.39, 0.29) is 6.54 Å². The van der Waals surface area contributed by atoms with Crippen molar-refractivity contribution in [3.05, 3.63) is 0 Å². The number of amides is 2. The number of alkyl halides is 3. The van der Waals surface area contributed by atoms with Gasteiger partial charge in [0, 0.05) is 20.2 Å². The molecule has 2 fully saturated rings. The van der Waals surface area contributed by atoms with Gasteiger partial charge >= 0.3 is 6.18 Å². The van der Waals surface area contributed by atoms with E-state index < -0.39 is 42.0 Å². The van der Waals surface area contributed by atoms with Gasteiger partial charge in [0.1, 0.15) is 5.60 Å². The fraction of sp³-hybridized carbons (Fsp3) is 0.833. The Hall–Kier alpha value is -1.31. The lowest BCUT2D eigenvalue weighted by Gasteiger charge is -2.41. The highest BCUT2D eigenvalue weighted by atomic mass is 19.4. The van der Waals surface area contributed by atoms with Gasteiger partial charge in [0.05, 0.1) is 11.8 Å². The Balaban J connectivity index is 2.16. The van der Waals surface area contributed by atoms with Gasteiger partial charge in [-0.2, -0.15) is 13.2 Å². The molecular formula is C12H17F3N2O3. The van der Waals surface area contributed by atoms with Gasteiger partial charge in [0.15, 0.2) is 0 Å². The fourth-order valence-corrected chi connectivity index (χ4v) is 2.88. The maximum atomic E-state index is 12.9. The number of halogens is 3. The highest BCUT2D eigenvalue weighted by Gasteiger charge is 2.56. The zero-order chi connectivity index (χ0) is 15.1. The molecule has 5 nitrogen and oxygen atoms in total. The number of methoxy groups -OCH3 is 1. The van der Waals surface area contributed by atoms with Crippen LogP contribution < -0.4 is 5.73 Å². The minimum Gasteiger partial charge on any atom is -0.369 e. The summed E-state index contributed by atoms with van der Waals surface area (Å²) in [7, 11) is 1.37. The molecule has 1 saturated heterocycles. The van der Waals surface area contributed by atoms with Crippen molar-refractivity contribution in [1.82, 2.24) is 4.90 Å². The van der Waals surface area contributed by atoms with Gasteiger partial charge in [-0.3, -0.25) is 9.59 Å². The third kappa shape index (κ3) is 2.36. The molecule has 0 aromatic heterocycles. The topological polar surface area (TPSA) is 72.6 Å². The molecule has 0 unspecified atom stereocenters. The van der Waals surface area contributed by atoms with Crippen molar-refractivity contribution in [1.29, 1.82) is 0 Å². The fourth-order valence-electron chi connectivity index (χ4n) is 2.88. The molecule has 0 radical (unpaired) electrons. The molecule has 1 aliphatic carbocycles. The Morgan fingerprint density at radius 3 is 2.20 bits per heavy atom. The normalized spacial score (nSPS) is 29.1. The predicted molar refractivity (Wildman–Crippen MR) is 62.4 cm³/mol. The van der Waals surface area contributed by atoms with E-state index in [1.165, 1.54) is 7.11 Å². The number of hydrogen-bond acceptors (Lipinski definition) is 3. The molecule has 2 aliphatic rings. The number of hydrogen-bond donors (Lipinski definition) is 1. The minimum absolute atomic E-state index is 0.288. The Bertz CT molecular complexity index is 415.